The molecule has 0 fully saturated rings. The molecule has 0 aliphatic heterocycles. The molecule has 2 aromatic rings. The van der Waals surface area contributed by atoms with Crippen LogP contribution in [0.4, 0.5) is 10.1 Å². The number of aromatic nitrogens is 1. The monoisotopic (exact) mass is 373 g/mol. The summed E-state index contributed by atoms with van der Waals surface area (Å²) in [5.74, 6) is -0.799. The zero-order valence-corrected chi connectivity index (χ0v) is 13.5. The molecule has 0 aliphatic carbocycles. The highest BCUT2D eigenvalue weighted by Crippen LogP contribution is 2.25. The lowest BCUT2D eigenvalue weighted by atomic mass is 10.2. The first-order valence-corrected chi connectivity index (χ1v) is 8.27. The van der Waals surface area contributed by atoms with Crippen LogP contribution in [0.15, 0.2) is 46.0 Å². The van der Waals surface area contributed by atoms with E-state index in [0.717, 1.165) is 6.07 Å². The van der Waals surface area contributed by atoms with Gasteiger partial charge in [-0.3, -0.25) is 9.71 Å². The Morgan fingerprint density at radius 1 is 1.33 bits per heavy atom. The van der Waals surface area contributed by atoms with Crippen molar-refractivity contribution in [3.63, 3.8) is 0 Å². The molecule has 5 nitrogen and oxygen atoms in total. The van der Waals surface area contributed by atoms with Gasteiger partial charge in [0.25, 0.3) is 10.0 Å². The summed E-state index contributed by atoms with van der Waals surface area (Å²) in [5.41, 5.74) is 0.969. The summed E-state index contributed by atoms with van der Waals surface area (Å²) in [6, 6.07) is 5.47. The van der Waals surface area contributed by atoms with Gasteiger partial charge in [0.15, 0.2) is 0 Å². The first-order valence-electron chi connectivity index (χ1n) is 5.99. The van der Waals surface area contributed by atoms with Crippen LogP contribution in [-0.2, 0) is 16.6 Å². The van der Waals surface area contributed by atoms with Crippen LogP contribution in [0.3, 0.4) is 0 Å². The average molecular weight is 374 g/mol. The lowest BCUT2D eigenvalue weighted by molar-refractivity contribution is 0.569. The number of halogens is 2. The molecule has 8 heteroatoms. The summed E-state index contributed by atoms with van der Waals surface area (Å²) in [7, 11) is -2.29. The van der Waals surface area contributed by atoms with E-state index in [4.69, 9.17) is 0 Å². The third-order valence-electron chi connectivity index (χ3n) is 2.68. The molecule has 0 aliphatic rings. The predicted molar refractivity (Wildman–Crippen MR) is 81.9 cm³/mol. The minimum absolute atomic E-state index is 0.295. The van der Waals surface area contributed by atoms with Crippen molar-refractivity contribution in [2.75, 3.05) is 11.8 Å². The molecule has 0 atom stereocenters. The van der Waals surface area contributed by atoms with Crippen molar-refractivity contribution in [3.8, 4) is 0 Å². The minimum atomic E-state index is -4.02. The number of pyridine rings is 1. The molecule has 0 bridgehead atoms. The first kappa shape index (κ1) is 15.9. The van der Waals surface area contributed by atoms with E-state index in [1.807, 2.05) is 0 Å². The van der Waals surface area contributed by atoms with Crippen LogP contribution < -0.4 is 10.0 Å². The fourth-order valence-electron chi connectivity index (χ4n) is 1.73. The van der Waals surface area contributed by atoms with Crippen LogP contribution in [0.2, 0.25) is 0 Å². The molecule has 2 rings (SSSR count). The molecule has 1 heterocycles. The number of sulfonamides is 1. The SMILES string of the molecule is CNCc1ccc(F)c(S(=O)(=O)Nc2ccncc2Br)c1. The first-order chi connectivity index (χ1) is 9.94. The number of benzene rings is 1. The Bertz CT molecular complexity index is 753. The number of nitrogens with one attached hydrogen (secondary N) is 2. The van der Waals surface area contributed by atoms with E-state index < -0.39 is 15.8 Å². The largest absolute Gasteiger partial charge is 0.316 e. The van der Waals surface area contributed by atoms with Crippen LogP contribution in [0.25, 0.3) is 0 Å². The summed E-state index contributed by atoms with van der Waals surface area (Å²) in [6.07, 6.45) is 2.89. The number of nitrogens with zero attached hydrogens (tertiary/aromatic N) is 1. The molecular formula is C13H13BrFN3O2S. The van der Waals surface area contributed by atoms with Crippen LogP contribution in [0.1, 0.15) is 5.56 Å². The highest BCUT2D eigenvalue weighted by Gasteiger charge is 2.20. The van der Waals surface area contributed by atoms with Gasteiger partial charge in [-0.05, 0) is 46.7 Å². The molecular weight excluding hydrogens is 361 g/mol. The maximum atomic E-state index is 13.8. The van der Waals surface area contributed by atoms with E-state index in [2.05, 4.69) is 31.0 Å². The Hall–Kier alpha value is -1.51. The minimum Gasteiger partial charge on any atom is -0.316 e. The maximum Gasteiger partial charge on any atom is 0.264 e. The van der Waals surface area contributed by atoms with Gasteiger partial charge >= 0.3 is 0 Å². The third-order valence-corrected chi connectivity index (χ3v) is 4.70. The van der Waals surface area contributed by atoms with Gasteiger partial charge in [-0.1, -0.05) is 6.07 Å². The summed E-state index contributed by atoms with van der Waals surface area (Å²) in [6.45, 7) is 0.446. The maximum absolute atomic E-state index is 13.8. The van der Waals surface area contributed by atoms with Crippen molar-refractivity contribution in [2.45, 2.75) is 11.4 Å². The zero-order chi connectivity index (χ0) is 15.5. The number of hydrogen-bond donors (Lipinski definition) is 2. The Morgan fingerprint density at radius 3 is 2.76 bits per heavy atom. The second kappa shape index (κ2) is 6.50. The van der Waals surface area contributed by atoms with Gasteiger partial charge in [0, 0.05) is 18.9 Å². The van der Waals surface area contributed by atoms with Crippen molar-refractivity contribution < 1.29 is 12.8 Å². The summed E-state index contributed by atoms with van der Waals surface area (Å²) >= 11 is 3.19. The number of rotatable bonds is 5. The smallest absolute Gasteiger partial charge is 0.264 e. The highest BCUT2D eigenvalue weighted by molar-refractivity contribution is 9.10. The second-order valence-corrected chi connectivity index (χ2v) is 6.76. The Kier molecular flexibility index (Phi) is 4.92. The Balaban J connectivity index is 2.40. The normalized spacial score (nSPS) is 11.4. The summed E-state index contributed by atoms with van der Waals surface area (Å²) in [4.78, 5) is 3.45. The van der Waals surface area contributed by atoms with Gasteiger partial charge in [0.2, 0.25) is 0 Å². The van der Waals surface area contributed by atoms with Crippen LogP contribution >= 0.6 is 15.9 Å². The van der Waals surface area contributed by atoms with E-state index >= 15 is 0 Å². The van der Waals surface area contributed by atoms with E-state index in [9.17, 15) is 12.8 Å². The molecule has 21 heavy (non-hydrogen) atoms. The van der Waals surface area contributed by atoms with E-state index in [-0.39, 0.29) is 4.90 Å². The van der Waals surface area contributed by atoms with Crippen molar-refractivity contribution in [1.29, 1.82) is 0 Å². The van der Waals surface area contributed by atoms with E-state index in [1.54, 1.807) is 7.05 Å². The fraction of sp³-hybridized carbons (Fsp3) is 0.154. The molecule has 0 amide bonds. The van der Waals surface area contributed by atoms with Crippen molar-refractivity contribution in [3.05, 3.63) is 52.5 Å². The molecule has 0 saturated heterocycles. The van der Waals surface area contributed by atoms with Gasteiger partial charge in [0.05, 0.1) is 10.2 Å². The topological polar surface area (TPSA) is 71.1 Å². The summed E-state index contributed by atoms with van der Waals surface area (Å²) < 4.78 is 41.3. The van der Waals surface area contributed by atoms with Crippen molar-refractivity contribution in [1.82, 2.24) is 10.3 Å². The number of hydrogen-bond acceptors (Lipinski definition) is 4. The lowest BCUT2D eigenvalue weighted by Crippen LogP contribution is -2.16. The molecule has 0 spiro atoms. The van der Waals surface area contributed by atoms with Gasteiger partial charge in [-0.25, -0.2) is 12.8 Å². The lowest BCUT2D eigenvalue weighted by Gasteiger charge is -2.11. The van der Waals surface area contributed by atoms with E-state index in [0.29, 0.717) is 22.3 Å². The molecule has 1 aromatic heterocycles. The zero-order valence-electron chi connectivity index (χ0n) is 11.1. The molecule has 2 N–H and O–H groups in total. The Labute approximate surface area is 130 Å². The van der Waals surface area contributed by atoms with Gasteiger partial charge in [0.1, 0.15) is 10.7 Å². The Morgan fingerprint density at radius 2 is 2.10 bits per heavy atom. The summed E-state index contributed by atoms with van der Waals surface area (Å²) in [5, 5.41) is 2.89. The number of anilines is 1. The van der Waals surface area contributed by atoms with E-state index in [1.165, 1.54) is 30.6 Å². The fourth-order valence-corrected chi connectivity index (χ4v) is 3.41. The third kappa shape index (κ3) is 3.78. The average Bonchev–Trinajstić information content (AvgIpc) is 2.43. The van der Waals surface area contributed by atoms with Crippen LogP contribution in [0.5, 0.6) is 0 Å². The van der Waals surface area contributed by atoms with Gasteiger partial charge in [-0.15, -0.1) is 0 Å². The van der Waals surface area contributed by atoms with Gasteiger partial charge < -0.3 is 5.32 Å². The standard InChI is InChI=1S/C13H13BrFN3O2S/c1-16-7-9-2-3-11(15)13(6-9)21(19,20)18-12-4-5-17-8-10(12)14/h2-6,8,16H,7H2,1H3,(H,17,18). The highest BCUT2D eigenvalue weighted by atomic mass is 79.9. The molecule has 0 saturated carbocycles. The van der Waals surface area contributed by atoms with Crippen molar-refractivity contribution in [2.24, 2.45) is 0 Å². The molecule has 112 valence electrons. The van der Waals surface area contributed by atoms with Crippen LogP contribution in [0, 0.1) is 5.82 Å². The quantitative estimate of drug-likeness (QED) is 0.844. The second-order valence-electron chi connectivity index (χ2n) is 4.26. The van der Waals surface area contributed by atoms with Gasteiger partial charge in [-0.2, -0.15) is 0 Å². The molecule has 1 aromatic carbocycles. The molecule has 0 unspecified atom stereocenters. The molecule has 0 radical (unpaired) electrons. The van der Waals surface area contributed by atoms with Crippen molar-refractivity contribution >= 4 is 31.6 Å². The predicted octanol–water partition coefficient (Wildman–Crippen LogP) is 2.50. The van der Waals surface area contributed by atoms with Crippen LogP contribution in [-0.4, -0.2) is 20.4 Å².